The number of phenols is 1. The van der Waals surface area contributed by atoms with Gasteiger partial charge in [-0.1, -0.05) is 75.4 Å². The Morgan fingerprint density at radius 1 is 0.822 bits per heavy atom. The van der Waals surface area contributed by atoms with E-state index in [0.29, 0.717) is 12.2 Å². The zero-order valence-electron chi connectivity index (χ0n) is 41.9. The zero-order chi connectivity index (χ0) is 52.8. The molecule has 0 spiro atoms. The van der Waals surface area contributed by atoms with Crippen LogP contribution < -0.4 is 37.1 Å². The van der Waals surface area contributed by atoms with E-state index in [1.54, 1.807) is 36.4 Å². The van der Waals surface area contributed by atoms with Crippen molar-refractivity contribution in [3.05, 3.63) is 83.9 Å². The number of hydrogen-bond acceptors (Lipinski definition) is 13. The molecule has 0 aliphatic carbocycles. The van der Waals surface area contributed by atoms with Gasteiger partial charge in [0.25, 0.3) is 11.8 Å². The quantitative estimate of drug-likeness (QED) is 0.0968. The monoisotopic (exact) mass is 1010 g/mol. The number of carbonyl (C=O) groups excluding carboxylic acids is 7. The minimum Gasteiger partial charge on any atom is -0.508 e. The van der Waals surface area contributed by atoms with Gasteiger partial charge in [-0.15, -0.1) is 0 Å². The number of benzene rings is 3. The maximum atomic E-state index is 14.3. The third kappa shape index (κ3) is 15.2. The molecule has 6 unspecified atom stereocenters. The Labute approximate surface area is 425 Å². The van der Waals surface area contributed by atoms with Crippen molar-refractivity contribution in [1.82, 2.24) is 36.4 Å². The molecule has 3 fully saturated rings. The summed E-state index contributed by atoms with van der Waals surface area (Å²) < 4.78 is 5.93. The summed E-state index contributed by atoms with van der Waals surface area (Å²) in [4.78, 5) is 100. The van der Waals surface area contributed by atoms with Crippen molar-refractivity contribution in [2.45, 2.75) is 152 Å². The first kappa shape index (κ1) is 55.7. The predicted octanol–water partition coefficient (Wildman–Crippen LogP) is 1.50. The summed E-state index contributed by atoms with van der Waals surface area (Å²) in [5.74, 6) is -5.25. The Balaban J connectivity index is 1.22. The summed E-state index contributed by atoms with van der Waals surface area (Å²) in [5.41, 5.74) is 6.19. The molecule has 3 saturated heterocycles. The predicted molar refractivity (Wildman–Crippen MR) is 269 cm³/mol. The van der Waals surface area contributed by atoms with Gasteiger partial charge in [0.1, 0.15) is 41.7 Å². The molecule has 0 aromatic heterocycles. The minimum absolute atomic E-state index is 0.00325. The largest absolute Gasteiger partial charge is 0.508 e. The molecule has 20 nitrogen and oxygen atoms in total. The summed E-state index contributed by atoms with van der Waals surface area (Å²) in [7, 11) is 0. The summed E-state index contributed by atoms with van der Waals surface area (Å²) in [6.07, 6.45) is 3.99. The highest BCUT2D eigenvalue weighted by molar-refractivity contribution is 6.00. The van der Waals surface area contributed by atoms with Crippen molar-refractivity contribution in [2.24, 2.45) is 5.73 Å². The molecule has 11 N–H and O–H groups in total. The number of unbranched alkanes of at least 4 members (excludes halogenated alkanes) is 5. The van der Waals surface area contributed by atoms with E-state index in [-0.39, 0.29) is 69.5 Å². The van der Waals surface area contributed by atoms with Crippen LogP contribution in [-0.2, 0) is 35.2 Å². The molecule has 0 bridgehead atoms. The topological polar surface area (TPSA) is 302 Å². The lowest BCUT2D eigenvalue weighted by molar-refractivity contribution is -0.160. The molecule has 0 saturated carbocycles. The van der Waals surface area contributed by atoms with E-state index in [0.717, 1.165) is 46.4 Å². The van der Waals surface area contributed by atoms with Crippen LogP contribution in [-0.4, -0.2) is 152 Å². The highest BCUT2D eigenvalue weighted by atomic mass is 16.5. The molecule has 3 aliphatic heterocycles. The number of nitrogens with one attached hydrogen (secondary N) is 5. The van der Waals surface area contributed by atoms with Gasteiger partial charge in [-0.25, -0.2) is 0 Å². The number of carbonyl (C=O) groups is 7. The number of rotatable bonds is 15. The van der Waals surface area contributed by atoms with Gasteiger partial charge in [-0.2, -0.15) is 0 Å². The average Bonchev–Trinajstić information content (AvgIpc) is 3.96. The molecule has 20 heteroatoms. The first-order chi connectivity index (χ1) is 34.8. The van der Waals surface area contributed by atoms with Gasteiger partial charge < -0.3 is 67.3 Å². The zero-order valence-corrected chi connectivity index (χ0v) is 41.9. The second-order valence-electron chi connectivity index (χ2n) is 19.6. The van der Waals surface area contributed by atoms with Gasteiger partial charge >= 0.3 is 0 Å². The second kappa shape index (κ2) is 25.9. The molecule has 0 radical (unpaired) electrons. The fourth-order valence-corrected chi connectivity index (χ4v) is 9.42. The van der Waals surface area contributed by atoms with Crippen molar-refractivity contribution in [1.29, 1.82) is 0 Å². The van der Waals surface area contributed by atoms with Crippen LogP contribution in [0.4, 0.5) is 0 Å². The molecule has 7 amide bonds. The van der Waals surface area contributed by atoms with Crippen LogP contribution >= 0.6 is 0 Å². The van der Waals surface area contributed by atoms with Gasteiger partial charge in [0.15, 0.2) is 0 Å². The van der Waals surface area contributed by atoms with Crippen molar-refractivity contribution < 1.29 is 58.7 Å². The van der Waals surface area contributed by atoms with Crippen molar-refractivity contribution in [3.8, 4) is 22.6 Å². The lowest BCUT2D eigenvalue weighted by Gasteiger charge is -2.33. The fraction of sp³-hybridized carbons (Fsp3) is 0.528. The molecule has 9 atom stereocenters. The molecule has 3 aliphatic rings. The smallest absolute Gasteiger partial charge is 0.276 e. The molecular formula is C53H72N8O12. The van der Waals surface area contributed by atoms with Crippen LogP contribution in [0.2, 0.25) is 0 Å². The average molecular weight is 1010 g/mol. The lowest BCUT2D eigenvalue weighted by Crippen LogP contribution is -2.64. The van der Waals surface area contributed by atoms with Crippen LogP contribution in [0.15, 0.2) is 72.8 Å². The third-order valence-corrected chi connectivity index (χ3v) is 13.6. The van der Waals surface area contributed by atoms with Crippen LogP contribution in [0.3, 0.4) is 0 Å². The van der Waals surface area contributed by atoms with Crippen molar-refractivity contribution in [2.75, 3.05) is 26.2 Å². The van der Waals surface area contributed by atoms with Gasteiger partial charge in [-0.3, -0.25) is 33.6 Å². The molecule has 6 rings (SSSR count). The van der Waals surface area contributed by atoms with Crippen LogP contribution in [0.5, 0.6) is 11.5 Å². The number of nitrogens with two attached hydrogens (primary N) is 1. The van der Waals surface area contributed by atoms with E-state index in [2.05, 4.69) is 33.5 Å². The van der Waals surface area contributed by atoms with Crippen LogP contribution in [0, 0.1) is 0 Å². The number of nitrogens with zero attached hydrogens (tertiary/aromatic N) is 2. The number of ether oxygens (including phenoxy) is 1. The van der Waals surface area contributed by atoms with Crippen LogP contribution in [0.25, 0.3) is 11.1 Å². The highest BCUT2D eigenvalue weighted by Gasteiger charge is 2.47. The summed E-state index contributed by atoms with van der Waals surface area (Å²) in [6, 6.07) is 12.7. The van der Waals surface area contributed by atoms with E-state index in [4.69, 9.17) is 10.5 Å². The first-order valence-electron chi connectivity index (χ1n) is 25.4. The second-order valence-corrected chi connectivity index (χ2v) is 19.6. The van der Waals surface area contributed by atoms with E-state index in [1.807, 2.05) is 24.3 Å². The van der Waals surface area contributed by atoms with Crippen molar-refractivity contribution in [3.63, 3.8) is 0 Å². The Hall–Kier alpha value is -6.61. The molecular weight excluding hydrogens is 941 g/mol. The number of aliphatic hydroxyl groups excluding tert-OH is 2. The summed E-state index contributed by atoms with van der Waals surface area (Å²) in [5, 5.41) is 56.1. The van der Waals surface area contributed by atoms with E-state index in [9.17, 15) is 54.0 Å². The highest BCUT2D eigenvalue weighted by Crippen LogP contribution is 2.26. The van der Waals surface area contributed by atoms with Gasteiger partial charge in [-0.05, 0) is 105 Å². The van der Waals surface area contributed by atoms with Gasteiger partial charge in [0.05, 0.1) is 18.8 Å². The van der Waals surface area contributed by atoms with Gasteiger partial charge in [0.2, 0.25) is 35.3 Å². The first-order valence-corrected chi connectivity index (χ1v) is 25.4. The maximum absolute atomic E-state index is 14.3. The number of hydrogen-bond donors (Lipinski definition) is 10. The normalized spacial score (nSPS) is 26.1. The number of fused-ring (bicyclic) bond motifs is 2. The molecule has 396 valence electrons. The summed E-state index contributed by atoms with van der Waals surface area (Å²) in [6.45, 7) is 4.53. The Morgan fingerprint density at radius 3 is 2.14 bits per heavy atom. The Bertz CT molecular complexity index is 2380. The number of aliphatic hydroxyl groups is 3. The number of aromatic hydroxyl groups is 1. The van der Waals surface area contributed by atoms with Crippen molar-refractivity contribution >= 4 is 41.4 Å². The standard InChI is InChI=1S/C53H72N8O12/c1-4-5-6-7-8-9-27-73-40-23-19-35(20-24-40)34-15-17-36(18-16-34)46(65)56-41-11-10-26-55-49(68)43-28-37(54)30-61(43)52(71)53(3,72)59-48(67)42(25-14-33-12-21-38(63)22-13-33)57-50(69)44-29-39(64)31-60(44)51(70)45(32(2)62)58-47(41)66/h12-13,15-24,32,37,39,41-45,62-64,72H,4-11,14,25-31,54H2,1-3H3,(H,55,68)(H,56,65)(H,57,69)(H,58,66)(H,59,67)/t32-,37?,39-,41?,42?,43?,44?,45?,53-/m1/s1. The van der Waals surface area contributed by atoms with Gasteiger partial charge in [0, 0.05) is 37.7 Å². The van der Waals surface area contributed by atoms with E-state index < -0.39 is 95.5 Å². The fourth-order valence-electron chi connectivity index (χ4n) is 9.42. The van der Waals surface area contributed by atoms with E-state index >= 15 is 0 Å². The number of amides is 7. The lowest BCUT2D eigenvalue weighted by atomic mass is 10.0. The van der Waals surface area contributed by atoms with Crippen LogP contribution in [0.1, 0.15) is 107 Å². The molecule has 3 aromatic carbocycles. The number of phenolic OH excluding ortho intramolecular Hbond substituents is 1. The molecule has 3 aromatic rings. The minimum atomic E-state index is -2.61. The SMILES string of the molecule is CCCCCCCCOc1ccc(-c2ccc(C(=O)NC3CCCNC(=O)C4CC(N)CN4C(=O)[C@@](C)(O)NC(=O)C(CCc4ccc(O)cc4)NC(=O)C4C[C@@H](O)CN4C(=O)C([C@@H](C)O)NC3=O)cc2)cc1. The maximum Gasteiger partial charge on any atom is 0.276 e. The Morgan fingerprint density at radius 2 is 1.47 bits per heavy atom. The number of aryl methyl sites for hydroxylation is 1. The van der Waals surface area contributed by atoms with E-state index in [1.165, 1.54) is 44.7 Å². The summed E-state index contributed by atoms with van der Waals surface area (Å²) >= 11 is 0. The Kier molecular flexibility index (Phi) is 19.7. The molecule has 73 heavy (non-hydrogen) atoms. The third-order valence-electron chi connectivity index (χ3n) is 13.6. The molecule has 3 heterocycles.